The second-order valence-corrected chi connectivity index (χ2v) is 4.81. The molecule has 0 fully saturated rings. The number of halogens is 3. The molecule has 0 aliphatic carbocycles. The van der Waals surface area contributed by atoms with Crippen LogP contribution in [0.4, 0.5) is 8.78 Å². The van der Waals surface area contributed by atoms with Gasteiger partial charge >= 0.3 is 0 Å². The number of alkyl halides is 1. The first-order valence-corrected chi connectivity index (χ1v) is 5.41. The Morgan fingerprint density at radius 2 is 1.93 bits per heavy atom. The predicted molar refractivity (Wildman–Crippen MR) is 59.0 cm³/mol. The normalized spacial score (nSPS) is 14.0. The Bertz CT molecular complexity index is 347. The Morgan fingerprint density at radius 3 is 2.40 bits per heavy atom. The van der Waals surface area contributed by atoms with Crippen LogP contribution < -0.4 is 0 Å². The molecule has 0 radical (unpaired) electrons. The van der Waals surface area contributed by atoms with Gasteiger partial charge in [-0.05, 0) is 17.9 Å². The van der Waals surface area contributed by atoms with E-state index in [9.17, 15) is 8.78 Å². The zero-order valence-corrected chi connectivity index (χ0v) is 9.91. The smallest absolute Gasteiger partial charge is 0.130 e. The Labute approximate surface area is 94.3 Å². The summed E-state index contributed by atoms with van der Waals surface area (Å²) in [7, 11) is 0. The molecule has 1 aromatic carbocycles. The van der Waals surface area contributed by atoms with Crippen molar-refractivity contribution in [2.45, 2.75) is 32.6 Å². The van der Waals surface area contributed by atoms with Gasteiger partial charge in [-0.3, -0.25) is 0 Å². The Morgan fingerprint density at radius 1 is 1.33 bits per heavy atom. The molecule has 0 heterocycles. The zero-order chi connectivity index (χ0) is 11.6. The van der Waals surface area contributed by atoms with E-state index in [1.54, 1.807) is 0 Å². The van der Waals surface area contributed by atoms with Crippen LogP contribution in [0, 0.1) is 17.0 Å². The maximum absolute atomic E-state index is 13.4. The Balaban J connectivity index is 3.06. The maximum atomic E-state index is 13.4. The first kappa shape index (κ1) is 12.4. The van der Waals surface area contributed by atoms with Crippen molar-refractivity contribution in [3.05, 3.63) is 35.4 Å². The SMILES string of the molecule is CCC(C)(C)C(Cl)c1ccc(F)cc1F. The molecule has 1 rings (SSSR count). The maximum Gasteiger partial charge on any atom is 0.130 e. The second kappa shape index (κ2) is 4.48. The van der Waals surface area contributed by atoms with E-state index in [0.29, 0.717) is 5.56 Å². The molecule has 0 saturated carbocycles. The zero-order valence-electron chi connectivity index (χ0n) is 9.15. The van der Waals surface area contributed by atoms with Gasteiger partial charge in [0, 0.05) is 11.6 Å². The third-order valence-electron chi connectivity index (χ3n) is 2.83. The van der Waals surface area contributed by atoms with Crippen molar-refractivity contribution in [2.24, 2.45) is 5.41 Å². The monoisotopic (exact) mass is 232 g/mol. The number of hydrogen-bond acceptors (Lipinski definition) is 0. The second-order valence-electron chi connectivity index (χ2n) is 4.37. The van der Waals surface area contributed by atoms with Gasteiger partial charge in [-0.25, -0.2) is 8.78 Å². The van der Waals surface area contributed by atoms with E-state index in [1.807, 2.05) is 20.8 Å². The van der Waals surface area contributed by atoms with Crippen molar-refractivity contribution in [3.8, 4) is 0 Å². The summed E-state index contributed by atoms with van der Waals surface area (Å²) in [4.78, 5) is 0. The summed E-state index contributed by atoms with van der Waals surface area (Å²) in [6.45, 7) is 5.93. The summed E-state index contributed by atoms with van der Waals surface area (Å²) in [6.07, 6.45) is 0.831. The summed E-state index contributed by atoms with van der Waals surface area (Å²) in [6, 6.07) is 3.52. The van der Waals surface area contributed by atoms with Gasteiger partial charge in [-0.1, -0.05) is 26.8 Å². The molecule has 0 N–H and O–H groups in total. The molecule has 0 nitrogen and oxygen atoms in total. The molecule has 3 heteroatoms. The molecular formula is C12H15ClF2. The van der Waals surface area contributed by atoms with E-state index < -0.39 is 17.0 Å². The van der Waals surface area contributed by atoms with Gasteiger partial charge in [0.25, 0.3) is 0 Å². The summed E-state index contributed by atoms with van der Waals surface area (Å²) in [5.74, 6) is -1.15. The molecule has 1 aromatic rings. The number of rotatable bonds is 3. The minimum absolute atomic E-state index is 0.208. The van der Waals surface area contributed by atoms with Crippen molar-refractivity contribution >= 4 is 11.6 Å². The summed E-state index contributed by atoms with van der Waals surface area (Å²) in [5, 5.41) is -0.442. The Kier molecular flexibility index (Phi) is 3.72. The highest BCUT2D eigenvalue weighted by atomic mass is 35.5. The lowest BCUT2D eigenvalue weighted by atomic mass is 9.82. The standard InChI is InChI=1S/C12H15ClF2/c1-4-12(2,3)11(13)9-6-5-8(14)7-10(9)15/h5-7,11H,4H2,1-3H3. The fourth-order valence-corrected chi connectivity index (χ4v) is 1.64. The van der Waals surface area contributed by atoms with Crippen LogP contribution in [0.1, 0.15) is 38.1 Å². The lowest BCUT2D eigenvalue weighted by Gasteiger charge is -2.29. The molecule has 0 saturated heterocycles. The van der Waals surface area contributed by atoms with Crippen LogP contribution in [0.25, 0.3) is 0 Å². The molecule has 0 aliphatic heterocycles. The molecule has 0 aliphatic rings. The summed E-state index contributed by atoms with van der Waals surface area (Å²) in [5.41, 5.74) is 0.158. The van der Waals surface area contributed by atoms with Crippen molar-refractivity contribution in [1.29, 1.82) is 0 Å². The predicted octanol–water partition coefficient (Wildman–Crippen LogP) is 4.68. The van der Waals surface area contributed by atoms with Crippen molar-refractivity contribution in [3.63, 3.8) is 0 Å². The minimum Gasteiger partial charge on any atom is -0.207 e. The summed E-state index contributed by atoms with van der Waals surface area (Å²) < 4.78 is 26.1. The fourth-order valence-electron chi connectivity index (χ4n) is 1.31. The van der Waals surface area contributed by atoms with Crippen molar-refractivity contribution in [1.82, 2.24) is 0 Å². The molecule has 0 amide bonds. The molecule has 0 aromatic heterocycles. The van der Waals surface area contributed by atoms with Gasteiger partial charge in [-0.2, -0.15) is 0 Å². The van der Waals surface area contributed by atoms with Crippen LogP contribution in [0.2, 0.25) is 0 Å². The third kappa shape index (κ3) is 2.69. The van der Waals surface area contributed by atoms with Crippen LogP contribution in [0.3, 0.4) is 0 Å². The van der Waals surface area contributed by atoms with Crippen LogP contribution in [-0.4, -0.2) is 0 Å². The van der Waals surface area contributed by atoms with Crippen molar-refractivity contribution < 1.29 is 8.78 Å². The average molecular weight is 233 g/mol. The third-order valence-corrected chi connectivity index (χ3v) is 3.66. The van der Waals surface area contributed by atoms with E-state index in [2.05, 4.69) is 0 Å². The number of hydrogen-bond donors (Lipinski definition) is 0. The van der Waals surface area contributed by atoms with E-state index >= 15 is 0 Å². The molecule has 1 unspecified atom stereocenters. The molecular weight excluding hydrogens is 218 g/mol. The first-order valence-electron chi connectivity index (χ1n) is 4.97. The Hall–Kier alpha value is -0.630. The van der Waals surface area contributed by atoms with Gasteiger partial charge in [0.2, 0.25) is 0 Å². The highest BCUT2D eigenvalue weighted by Gasteiger charge is 2.29. The topological polar surface area (TPSA) is 0 Å². The van der Waals surface area contributed by atoms with Crippen molar-refractivity contribution in [2.75, 3.05) is 0 Å². The molecule has 84 valence electrons. The van der Waals surface area contributed by atoms with Gasteiger partial charge in [0.15, 0.2) is 0 Å². The van der Waals surface area contributed by atoms with Gasteiger partial charge in [0.05, 0.1) is 5.38 Å². The van der Waals surface area contributed by atoms with E-state index in [-0.39, 0.29) is 5.41 Å². The molecule has 15 heavy (non-hydrogen) atoms. The lowest BCUT2D eigenvalue weighted by molar-refractivity contribution is 0.330. The van der Waals surface area contributed by atoms with Gasteiger partial charge in [-0.15, -0.1) is 11.6 Å². The van der Waals surface area contributed by atoms with E-state index in [1.165, 1.54) is 12.1 Å². The van der Waals surface area contributed by atoms with Crippen LogP contribution in [0.15, 0.2) is 18.2 Å². The fraction of sp³-hybridized carbons (Fsp3) is 0.500. The van der Waals surface area contributed by atoms with Gasteiger partial charge in [0.1, 0.15) is 11.6 Å². The molecule has 1 atom stereocenters. The average Bonchev–Trinajstić information content (AvgIpc) is 2.17. The minimum atomic E-state index is -0.575. The van der Waals surface area contributed by atoms with Crippen LogP contribution in [-0.2, 0) is 0 Å². The lowest BCUT2D eigenvalue weighted by Crippen LogP contribution is -2.18. The number of benzene rings is 1. The van der Waals surface area contributed by atoms with Crippen LogP contribution in [0.5, 0.6) is 0 Å². The largest absolute Gasteiger partial charge is 0.207 e. The van der Waals surface area contributed by atoms with E-state index in [4.69, 9.17) is 11.6 Å². The highest BCUT2D eigenvalue weighted by molar-refractivity contribution is 6.21. The van der Waals surface area contributed by atoms with Crippen LogP contribution >= 0.6 is 11.6 Å². The highest BCUT2D eigenvalue weighted by Crippen LogP contribution is 2.42. The summed E-state index contributed by atoms with van der Waals surface area (Å²) >= 11 is 6.19. The molecule has 0 spiro atoms. The van der Waals surface area contributed by atoms with Gasteiger partial charge < -0.3 is 0 Å². The molecule has 0 bridgehead atoms. The van der Waals surface area contributed by atoms with E-state index in [0.717, 1.165) is 12.5 Å². The quantitative estimate of drug-likeness (QED) is 0.664. The first-order chi connectivity index (χ1) is 6.88.